The Bertz CT molecular complexity index is 429. The van der Waals surface area contributed by atoms with E-state index in [9.17, 15) is 18.0 Å². The van der Waals surface area contributed by atoms with Crippen LogP contribution in [-0.4, -0.2) is 27.7 Å². The van der Waals surface area contributed by atoms with Crippen molar-refractivity contribution in [1.82, 2.24) is 0 Å². The summed E-state index contributed by atoms with van der Waals surface area (Å²) in [5, 5.41) is 26.6. The van der Waals surface area contributed by atoms with E-state index < -0.39 is 35.5 Å². The fourth-order valence-corrected chi connectivity index (χ4v) is 1.10. The van der Waals surface area contributed by atoms with Crippen LogP contribution in [0.2, 0.25) is 0 Å². The summed E-state index contributed by atoms with van der Waals surface area (Å²) >= 11 is 0. The number of rotatable bonds is 3. The Hall–Kier alpha value is -1.96. The summed E-state index contributed by atoms with van der Waals surface area (Å²) in [5.41, 5.74) is -0.420. The van der Waals surface area contributed by atoms with E-state index in [2.05, 4.69) is 4.74 Å². The first-order valence-corrected chi connectivity index (χ1v) is 4.19. The fraction of sp³-hybridized carbons (Fsp3) is 0.222. The third kappa shape index (κ3) is 3.83. The molecule has 0 aliphatic rings. The molecule has 94 valence electrons. The normalized spacial score (nSPS) is 13.2. The van der Waals surface area contributed by atoms with Crippen molar-refractivity contribution in [2.75, 3.05) is 0 Å². The van der Waals surface area contributed by atoms with Gasteiger partial charge in [-0.15, -0.1) is 13.2 Å². The zero-order valence-corrected chi connectivity index (χ0v) is 8.10. The maximum atomic E-state index is 11.9. The van der Waals surface area contributed by atoms with Crippen LogP contribution in [0.5, 0.6) is 11.5 Å². The second-order valence-corrected chi connectivity index (χ2v) is 3.05. The molecule has 17 heavy (non-hydrogen) atoms. The van der Waals surface area contributed by atoms with Crippen LogP contribution in [0.15, 0.2) is 18.2 Å². The van der Waals surface area contributed by atoms with Crippen molar-refractivity contribution in [3.05, 3.63) is 23.8 Å². The zero-order chi connectivity index (χ0) is 13.2. The number of alkyl halides is 3. The third-order valence-electron chi connectivity index (χ3n) is 1.70. The molecule has 0 spiro atoms. The topological polar surface area (TPSA) is 87.0 Å². The number of carboxylic acid groups (broad SMARTS) is 1. The third-order valence-corrected chi connectivity index (χ3v) is 1.70. The lowest BCUT2D eigenvalue weighted by atomic mass is 10.1. The molecule has 0 aliphatic heterocycles. The quantitative estimate of drug-likeness (QED) is 0.757. The van der Waals surface area contributed by atoms with Crippen molar-refractivity contribution < 1.29 is 38.0 Å². The Morgan fingerprint density at radius 1 is 1.29 bits per heavy atom. The molecule has 0 heterocycles. The van der Waals surface area contributed by atoms with Gasteiger partial charge in [-0.1, -0.05) is 0 Å². The van der Waals surface area contributed by atoms with Gasteiger partial charge in [0.1, 0.15) is 11.5 Å². The number of aliphatic hydroxyl groups excluding tert-OH is 1. The number of benzene rings is 1. The maximum absolute atomic E-state index is 11.9. The number of aromatic hydroxyl groups is 1. The number of carbonyl (C=O) groups is 1. The minimum absolute atomic E-state index is 0.420. The maximum Gasteiger partial charge on any atom is 0.573 e. The summed E-state index contributed by atoms with van der Waals surface area (Å²) in [5.74, 6) is -3.12. The smallest absolute Gasteiger partial charge is 0.508 e. The van der Waals surface area contributed by atoms with Crippen molar-refractivity contribution in [2.24, 2.45) is 0 Å². The molecule has 0 aliphatic carbocycles. The molecule has 1 rings (SSSR count). The number of phenols is 1. The van der Waals surface area contributed by atoms with E-state index in [0.29, 0.717) is 12.1 Å². The van der Waals surface area contributed by atoms with E-state index in [-0.39, 0.29) is 0 Å². The van der Waals surface area contributed by atoms with Crippen LogP contribution in [-0.2, 0) is 4.79 Å². The Kier molecular flexibility index (Phi) is 3.47. The number of aliphatic carboxylic acids is 1. The molecule has 1 atom stereocenters. The molecule has 1 aromatic rings. The minimum Gasteiger partial charge on any atom is -0.508 e. The summed E-state index contributed by atoms with van der Waals surface area (Å²) in [6.45, 7) is 0. The van der Waals surface area contributed by atoms with E-state index in [1.807, 2.05) is 0 Å². The van der Waals surface area contributed by atoms with Gasteiger partial charge in [-0.3, -0.25) is 0 Å². The molecule has 0 radical (unpaired) electrons. The summed E-state index contributed by atoms with van der Waals surface area (Å²) in [6, 6.07) is 2.14. The van der Waals surface area contributed by atoms with Crippen molar-refractivity contribution in [2.45, 2.75) is 12.5 Å². The van der Waals surface area contributed by atoms with Gasteiger partial charge in [0, 0.05) is 6.07 Å². The molecule has 0 saturated carbocycles. The van der Waals surface area contributed by atoms with Crippen LogP contribution < -0.4 is 4.74 Å². The van der Waals surface area contributed by atoms with Gasteiger partial charge in [-0.25, -0.2) is 4.79 Å². The Morgan fingerprint density at radius 2 is 1.88 bits per heavy atom. The van der Waals surface area contributed by atoms with E-state index >= 15 is 0 Å². The zero-order valence-electron chi connectivity index (χ0n) is 8.10. The van der Waals surface area contributed by atoms with E-state index in [1.54, 1.807) is 0 Å². The van der Waals surface area contributed by atoms with Gasteiger partial charge >= 0.3 is 12.3 Å². The fourth-order valence-electron chi connectivity index (χ4n) is 1.10. The molecule has 0 saturated heterocycles. The second-order valence-electron chi connectivity index (χ2n) is 3.05. The number of carboxylic acids is 1. The molecule has 5 nitrogen and oxygen atoms in total. The Morgan fingerprint density at radius 3 is 2.35 bits per heavy atom. The highest BCUT2D eigenvalue weighted by Gasteiger charge is 2.31. The molecule has 8 heteroatoms. The van der Waals surface area contributed by atoms with Gasteiger partial charge in [0.05, 0.1) is 0 Å². The summed E-state index contributed by atoms with van der Waals surface area (Å²) in [4.78, 5) is 10.4. The monoisotopic (exact) mass is 252 g/mol. The van der Waals surface area contributed by atoms with E-state index in [4.69, 9.17) is 15.3 Å². The van der Waals surface area contributed by atoms with Crippen LogP contribution in [0.25, 0.3) is 0 Å². The largest absolute Gasteiger partial charge is 0.573 e. The number of phenolic OH excluding ortho intramolecular Hbond substituents is 1. The van der Waals surface area contributed by atoms with Crippen molar-refractivity contribution in [3.63, 3.8) is 0 Å². The molecule has 0 fully saturated rings. The SMILES string of the molecule is O=C(O)C(O)c1cc(O)cc(OC(F)(F)F)c1. The van der Waals surface area contributed by atoms with Gasteiger partial charge in [-0.2, -0.15) is 0 Å². The minimum atomic E-state index is -4.97. The average molecular weight is 252 g/mol. The van der Waals surface area contributed by atoms with Crippen LogP contribution in [0.1, 0.15) is 11.7 Å². The summed E-state index contributed by atoms with van der Waals surface area (Å²) in [7, 11) is 0. The van der Waals surface area contributed by atoms with Crippen LogP contribution in [0, 0.1) is 0 Å². The number of hydrogen-bond acceptors (Lipinski definition) is 4. The van der Waals surface area contributed by atoms with E-state index in [0.717, 1.165) is 6.07 Å². The predicted octanol–water partition coefficient (Wildman–Crippen LogP) is 1.41. The first kappa shape index (κ1) is 13.1. The van der Waals surface area contributed by atoms with Gasteiger partial charge in [-0.05, 0) is 17.7 Å². The number of aliphatic hydroxyl groups is 1. The van der Waals surface area contributed by atoms with Crippen LogP contribution in [0.3, 0.4) is 0 Å². The molecule has 1 unspecified atom stereocenters. The summed E-state index contributed by atoms with van der Waals surface area (Å²) < 4.78 is 39.1. The highest BCUT2D eigenvalue weighted by molar-refractivity contribution is 5.74. The first-order chi connectivity index (χ1) is 7.69. The molecule has 0 bridgehead atoms. The second kappa shape index (κ2) is 4.50. The first-order valence-electron chi connectivity index (χ1n) is 4.19. The van der Waals surface area contributed by atoms with Crippen LogP contribution >= 0.6 is 0 Å². The Labute approximate surface area is 92.7 Å². The molecule has 3 N–H and O–H groups in total. The highest BCUT2D eigenvalue weighted by Crippen LogP contribution is 2.29. The van der Waals surface area contributed by atoms with Gasteiger partial charge in [0.2, 0.25) is 0 Å². The van der Waals surface area contributed by atoms with Crippen molar-refractivity contribution in [1.29, 1.82) is 0 Å². The summed E-state index contributed by atoms with van der Waals surface area (Å²) in [6.07, 6.45) is -7.02. The number of hydrogen-bond donors (Lipinski definition) is 3. The lowest BCUT2D eigenvalue weighted by Gasteiger charge is -2.12. The number of halogens is 3. The lowest BCUT2D eigenvalue weighted by Crippen LogP contribution is -2.17. The molecular weight excluding hydrogens is 245 g/mol. The average Bonchev–Trinajstić information content (AvgIpc) is 2.12. The van der Waals surface area contributed by atoms with Gasteiger partial charge < -0.3 is 20.1 Å². The molecule has 0 amide bonds. The van der Waals surface area contributed by atoms with Crippen molar-refractivity contribution in [3.8, 4) is 11.5 Å². The van der Waals surface area contributed by atoms with Gasteiger partial charge in [0.15, 0.2) is 6.10 Å². The highest BCUT2D eigenvalue weighted by atomic mass is 19.4. The van der Waals surface area contributed by atoms with E-state index in [1.165, 1.54) is 0 Å². The molecule has 1 aromatic carbocycles. The molecule has 0 aromatic heterocycles. The van der Waals surface area contributed by atoms with Gasteiger partial charge in [0.25, 0.3) is 0 Å². The molecular formula is C9H7F3O5. The van der Waals surface area contributed by atoms with Crippen molar-refractivity contribution >= 4 is 5.97 Å². The van der Waals surface area contributed by atoms with Crippen LogP contribution in [0.4, 0.5) is 13.2 Å². The lowest BCUT2D eigenvalue weighted by molar-refractivity contribution is -0.274. The number of ether oxygens (including phenoxy) is 1. The standard InChI is InChI=1S/C9H7F3O5/c10-9(11,12)17-6-2-4(1-5(13)3-6)7(14)8(15)16/h1-3,7,13-14H,(H,15,16). The predicted molar refractivity (Wildman–Crippen MR) is 47.4 cm³/mol. The Balaban J connectivity index is 3.06.